The maximum atomic E-state index is 12.8. The number of aromatic nitrogens is 1. The second-order valence-electron chi connectivity index (χ2n) is 5.96. The van der Waals surface area contributed by atoms with E-state index < -0.39 is 10.0 Å². The van der Waals surface area contributed by atoms with Gasteiger partial charge in [0.25, 0.3) is 5.91 Å². The van der Waals surface area contributed by atoms with Crippen LogP contribution >= 0.6 is 0 Å². The van der Waals surface area contributed by atoms with Crippen LogP contribution in [-0.4, -0.2) is 68.9 Å². The standard InChI is InChI=1S/C18H21N3O5S/c1-25-15-4-6-16(7-5-15)27(23,24)21-11-9-20(10-12-21)18(22)14-3-8-17(26-2)19-13-14/h3-8,13H,9-12H2,1-2H3. The molecule has 1 aromatic heterocycles. The number of benzene rings is 1. The van der Waals surface area contributed by atoms with E-state index in [2.05, 4.69) is 4.98 Å². The Hall–Kier alpha value is -2.65. The topological polar surface area (TPSA) is 89.0 Å². The molecule has 0 atom stereocenters. The third kappa shape index (κ3) is 4.04. The number of piperazine rings is 1. The van der Waals surface area contributed by atoms with E-state index in [0.717, 1.165) is 0 Å². The van der Waals surface area contributed by atoms with Crippen LogP contribution in [0.15, 0.2) is 47.5 Å². The zero-order valence-electron chi connectivity index (χ0n) is 15.2. The molecule has 27 heavy (non-hydrogen) atoms. The van der Waals surface area contributed by atoms with Crippen molar-refractivity contribution in [2.24, 2.45) is 0 Å². The van der Waals surface area contributed by atoms with E-state index in [9.17, 15) is 13.2 Å². The van der Waals surface area contributed by atoms with Crippen LogP contribution in [0.3, 0.4) is 0 Å². The molecule has 0 unspecified atom stereocenters. The molecule has 8 nitrogen and oxygen atoms in total. The van der Waals surface area contributed by atoms with Gasteiger partial charge in [-0.3, -0.25) is 4.79 Å². The van der Waals surface area contributed by atoms with Crippen LogP contribution < -0.4 is 9.47 Å². The van der Waals surface area contributed by atoms with Gasteiger partial charge in [-0.1, -0.05) is 0 Å². The van der Waals surface area contributed by atoms with Gasteiger partial charge in [0.15, 0.2) is 0 Å². The molecule has 1 amide bonds. The lowest BCUT2D eigenvalue weighted by Gasteiger charge is -2.34. The number of hydrogen-bond acceptors (Lipinski definition) is 6. The first kappa shape index (κ1) is 19.1. The Kier molecular flexibility index (Phi) is 5.62. The normalized spacial score (nSPS) is 15.4. The summed E-state index contributed by atoms with van der Waals surface area (Å²) < 4.78 is 37.0. The molecule has 1 saturated heterocycles. The Morgan fingerprint density at radius 2 is 1.63 bits per heavy atom. The summed E-state index contributed by atoms with van der Waals surface area (Å²) in [6.45, 7) is 1.12. The fourth-order valence-electron chi connectivity index (χ4n) is 2.84. The first-order valence-corrected chi connectivity index (χ1v) is 9.83. The van der Waals surface area contributed by atoms with Gasteiger partial charge in [0, 0.05) is 38.4 Å². The number of methoxy groups -OCH3 is 2. The van der Waals surface area contributed by atoms with Crippen LogP contribution in [-0.2, 0) is 10.0 Å². The van der Waals surface area contributed by atoms with Gasteiger partial charge in [-0.15, -0.1) is 0 Å². The first-order valence-electron chi connectivity index (χ1n) is 8.39. The van der Waals surface area contributed by atoms with E-state index >= 15 is 0 Å². The maximum Gasteiger partial charge on any atom is 0.255 e. The highest BCUT2D eigenvalue weighted by Crippen LogP contribution is 2.21. The van der Waals surface area contributed by atoms with Gasteiger partial charge in [0.2, 0.25) is 15.9 Å². The van der Waals surface area contributed by atoms with E-state index in [1.165, 1.54) is 36.9 Å². The van der Waals surface area contributed by atoms with Gasteiger partial charge in [-0.2, -0.15) is 4.31 Å². The third-order valence-electron chi connectivity index (χ3n) is 4.42. The number of carbonyl (C=O) groups excluding carboxylic acids is 1. The van der Waals surface area contributed by atoms with E-state index in [1.807, 2.05) is 0 Å². The molecular weight excluding hydrogens is 370 g/mol. The molecule has 1 aromatic carbocycles. The number of rotatable bonds is 5. The SMILES string of the molecule is COc1ccc(S(=O)(=O)N2CCN(C(=O)c3ccc(OC)nc3)CC2)cc1. The van der Waals surface area contributed by atoms with E-state index in [-0.39, 0.29) is 23.9 Å². The average Bonchev–Trinajstić information content (AvgIpc) is 2.73. The van der Waals surface area contributed by atoms with Crippen molar-refractivity contribution in [1.29, 1.82) is 0 Å². The van der Waals surface area contributed by atoms with Crippen LogP contribution in [0.4, 0.5) is 0 Å². The number of ether oxygens (including phenoxy) is 2. The molecule has 0 N–H and O–H groups in total. The number of amides is 1. The fraction of sp³-hybridized carbons (Fsp3) is 0.333. The summed E-state index contributed by atoms with van der Waals surface area (Å²) in [6.07, 6.45) is 1.46. The van der Waals surface area contributed by atoms with E-state index in [1.54, 1.807) is 29.2 Å². The lowest BCUT2D eigenvalue weighted by Crippen LogP contribution is -2.50. The van der Waals surface area contributed by atoms with Crippen molar-refractivity contribution in [3.05, 3.63) is 48.2 Å². The van der Waals surface area contributed by atoms with Gasteiger partial charge < -0.3 is 14.4 Å². The van der Waals surface area contributed by atoms with Gasteiger partial charge in [0.1, 0.15) is 5.75 Å². The number of carbonyl (C=O) groups is 1. The Morgan fingerprint density at radius 3 is 2.15 bits per heavy atom. The van der Waals surface area contributed by atoms with Crippen LogP contribution in [0.25, 0.3) is 0 Å². The van der Waals surface area contributed by atoms with Gasteiger partial charge >= 0.3 is 0 Å². The van der Waals surface area contributed by atoms with Crippen molar-refractivity contribution in [3.63, 3.8) is 0 Å². The fourth-order valence-corrected chi connectivity index (χ4v) is 4.26. The van der Waals surface area contributed by atoms with Crippen molar-refractivity contribution >= 4 is 15.9 Å². The summed E-state index contributed by atoms with van der Waals surface area (Å²) in [5.74, 6) is 0.853. The van der Waals surface area contributed by atoms with Crippen molar-refractivity contribution in [2.45, 2.75) is 4.90 Å². The monoisotopic (exact) mass is 391 g/mol. The molecule has 144 valence electrons. The van der Waals surface area contributed by atoms with Crippen LogP contribution in [0.1, 0.15) is 10.4 Å². The first-order chi connectivity index (χ1) is 13.0. The summed E-state index contributed by atoms with van der Waals surface area (Å²) in [4.78, 5) is 18.4. The molecule has 1 fully saturated rings. The second kappa shape index (κ2) is 7.93. The van der Waals surface area contributed by atoms with Crippen molar-refractivity contribution in [1.82, 2.24) is 14.2 Å². The highest BCUT2D eigenvalue weighted by atomic mass is 32.2. The summed E-state index contributed by atoms with van der Waals surface area (Å²) in [5, 5.41) is 0. The lowest BCUT2D eigenvalue weighted by molar-refractivity contribution is 0.0697. The van der Waals surface area contributed by atoms with Crippen molar-refractivity contribution < 1.29 is 22.7 Å². The molecule has 0 bridgehead atoms. The molecule has 0 saturated carbocycles. The molecule has 0 radical (unpaired) electrons. The number of hydrogen-bond donors (Lipinski definition) is 0. The molecule has 0 aliphatic carbocycles. The number of sulfonamides is 1. The molecule has 9 heteroatoms. The zero-order chi connectivity index (χ0) is 19.4. The molecule has 1 aliphatic heterocycles. The second-order valence-corrected chi connectivity index (χ2v) is 7.90. The Bertz CT molecular complexity index is 890. The molecular formula is C18H21N3O5S. The highest BCUT2D eigenvalue weighted by molar-refractivity contribution is 7.89. The predicted molar refractivity (Wildman–Crippen MR) is 98.4 cm³/mol. The van der Waals surface area contributed by atoms with Gasteiger partial charge in [-0.05, 0) is 30.3 Å². The van der Waals surface area contributed by atoms with E-state index in [0.29, 0.717) is 30.3 Å². The summed E-state index contributed by atoms with van der Waals surface area (Å²) in [7, 11) is -0.567. The van der Waals surface area contributed by atoms with Crippen LogP contribution in [0.2, 0.25) is 0 Å². The third-order valence-corrected chi connectivity index (χ3v) is 6.33. The minimum absolute atomic E-state index is 0.174. The molecule has 0 spiro atoms. The summed E-state index contributed by atoms with van der Waals surface area (Å²) in [5.41, 5.74) is 0.447. The maximum absolute atomic E-state index is 12.8. The average molecular weight is 391 g/mol. The number of nitrogens with zero attached hydrogens (tertiary/aromatic N) is 3. The molecule has 2 aromatic rings. The Labute approximate surface area is 158 Å². The van der Waals surface area contributed by atoms with Gasteiger partial charge in [-0.25, -0.2) is 13.4 Å². The minimum atomic E-state index is -3.60. The Balaban J connectivity index is 1.65. The van der Waals surface area contributed by atoms with Crippen LogP contribution in [0.5, 0.6) is 11.6 Å². The number of pyridine rings is 1. The lowest BCUT2D eigenvalue weighted by atomic mass is 10.2. The quantitative estimate of drug-likeness (QED) is 0.762. The van der Waals surface area contributed by atoms with Crippen molar-refractivity contribution in [3.8, 4) is 11.6 Å². The Morgan fingerprint density at radius 1 is 0.963 bits per heavy atom. The molecule has 1 aliphatic rings. The van der Waals surface area contributed by atoms with Crippen LogP contribution in [0, 0.1) is 0 Å². The minimum Gasteiger partial charge on any atom is -0.497 e. The summed E-state index contributed by atoms with van der Waals surface area (Å²) >= 11 is 0. The van der Waals surface area contributed by atoms with E-state index in [4.69, 9.17) is 9.47 Å². The summed E-state index contributed by atoms with van der Waals surface area (Å²) in [6, 6.07) is 9.54. The molecule has 2 heterocycles. The molecule has 3 rings (SSSR count). The van der Waals surface area contributed by atoms with Gasteiger partial charge in [0.05, 0.1) is 24.7 Å². The highest BCUT2D eigenvalue weighted by Gasteiger charge is 2.30. The smallest absolute Gasteiger partial charge is 0.255 e. The largest absolute Gasteiger partial charge is 0.497 e. The zero-order valence-corrected chi connectivity index (χ0v) is 16.0. The van der Waals surface area contributed by atoms with Crippen molar-refractivity contribution in [2.75, 3.05) is 40.4 Å². The predicted octanol–water partition coefficient (Wildman–Crippen LogP) is 1.25.